The Morgan fingerprint density at radius 2 is 2.08 bits per heavy atom. The molecule has 12 heavy (non-hydrogen) atoms. The van der Waals surface area contributed by atoms with Crippen molar-refractivity contribution in [2.75, 3.05) is 0 Å². The van der Waals surface area contributed by atoms with E-state index in [2.05, 4.69) is 0 Å². The van der Waals surface area contributed by atoms with E-state index in [-0.39, 0.29) is 5.76 Å². The van der Waals surface area contributed by atoms with Crippen LogP contribution in [-0.2, 0) is 12.8 Å². The fourth-order valence-corrected chi connectivity index (χ4v) is 1.83. The van der Waals surface area contributed by atoms with Gasteiger partial charge in [-0.05, 0) is 31.7 Å². The molecule has 3 heteroatoms. The fourth-order valence-electron chi connectivity index (χ4n) is 1.83. The van der Waals surface area contributed by atoms with Gasteiger partial charge in [0.05, 0.1) is 0 Å². The molecule has 1 aromatic heterocycles. The number of hydrogen-bond donors (Lipinski definition) is 1. The van der Waals surface area contributed by atoms with Gasteiger partial charge >= 0.3 is 5.97 Å². The van der Waals surface area contributed by atoms with E-state index >= 15 is 0 Å². The quantitative estimate of drug-likeness (QED) is 0.691. The smallest absolute Gasteiger partial charge is 0.372 e. The molecule has 0 unspecified atom stereocenters. The normalized spacial score (nSPS) is 14.8. The molecular formula is C9H10O3. The predicted molar refractivity (Wildman–Crippen MR) is 42.4 cm³/mol. The van der Waals surface area contributed by atoms with Gasteiger partial charge in [0.1, 0.15) is 5.76 Å². The van der Waals surface area contributed by atoms with Crippen LogP contribution in [-0.4, -0.2) is 11.1 Å². The van der Waals surface area contributed by atoms with Gasteiger partial charge in [-0.15, -0.1) is 0 Å². The van der Waals surface area contributed by atoms with Gasteiger partial charge in [0, 0.05) is 5.56 Å². The minimum Gasteiger partial charge on any atom is -0.475 e. The second kappa shape index (κ2) is 2.37. The molecule has 0 amide bonds. The first-order valence-corrected chi connectivity index (χ1v) is 4.04. The highest BCUT2D eigenvalue weighted by molar-refractivity contribution is 5.87. The van der Waals surface area contributed by atoms with Crippen LogP contribution >= 0.6 is 0 Å². The monoisotopic (exact) mass is 166 g/mol. The molecule has 0 aliphatic heterocycles. The van der Waals surface area contributed by atoms with Crippen LogP contribution in [0, 0.1) is 6.92 Å². The van der Waals surface area contributed by atoms with Crippen LogP contribution < -0.4 is 0 Å². The first-order valence-electron chi connectivity index (χ1n) is 4.04. The van der Waals surface area contributed by atoms with Crippen molar-refractivity contribution >= 4 is 5.97 Å². The number of carbonyl (C=O) groups is 1. The lowest BCUT2D eigenvalue weighted by Crippen LogP contribution is -1.97. The van der Waals surface area contributed by atoms with E-state index in [9.17, 15) is 4.79 Å². The number of furan rings is 1. The molecule has 1 aromatic rings. The molecule has 0 radical (unpaired) electrons. The highest BCUT2D eigenvalue weighted by atomic mass is 16.4. The van der Waals surface area contributed by atoms with Crippen molar-refractivity contribution in [2.24, 2.45) is 0 Å². The molecule has 0 bridgehead atoms. The van der Waals surface area contributed by atoms with E-state index < -0.39 is 5.97 Å². The number of hydrogen-bond acceptors (Lipinski definition) is 2. The summed E-state index contributed by atoms with van der Waals surface area (Å²) in [6.45, 7) is 1.83. The molecule has 2 rings (SSSR count). The van der Waals surface area contributed by atoms with Crippen LogP contribution in [0.2, 0.25) is 0 Å². The van der Waals surface area contributed by atoms with Crippen LogP contribution in [0.15, 0.2) is 4.42 Å². The largest absolute Gasteiger partial charge is 0.475 e. The third-order valence-electron chi connectivity index (χ3n) is 2.37. The van der Waals surface area contributed by atoms with Gasteiger partial charge in [-0.2, -0.15) is 0 Å². The molecule has 0 spiro atoms. The fraction of sp³-hybridized carbons (Fsp3) is 0.444. The minimum absolute atomic E-state index is 0.153. The molecule has 1 heterocycles. The van der Waals surface area contributed by atoms with Crippen LogP contribution in [0.1, 0.15) is 33.9 Å². The number of carboxylic acids is 1. The number of carboxylic acid groups (broad SMARTS) is 1. The lowest BCUT2D eigenvalue weighted by molar-refractivity contribution is 0.0659. The lowest BCUT2D eigenvalue weighted by Gasteiger charge is -1.90. The van der Waals surface area contributed by atoms with Crippen molar-refractivity contribution in [3.63, 3.8) is 0 Å². The Morgan fingerprint density at radius 3 is 2.75 bits per heavy atom. The molecule has 0 saturated carbocycles. The van der Waals surface area contributed by atoms with Gasteiger partial charge in [-0.1, -0.05) is 0 Å². The van der Waals surface area contributed by atoms with Gasteiger partial charge in [0.2, 0.25) is 5.76 Å². The van der Waals surface area contributed by atoms with Crippen molar-refractivity contribution in [3.8, 4) is 0 Å². The van der Waals surface area contributed by atoms with E-state index in [1.165, 1.54) is 0 Å². The number of fused-ring (bicyclic) bond motifs is 1. The van der Waals surface area contributed by atoms with Crippen LogP contribution in [0.5, 0.6) is 0 Å². The second-order valence-electron chi connectivity index (χ2n) is 3.10. The Kier molecular flexibility index (Phi) is 1.46. The van der Waals surface area contributed by atoms with Gasteiger partial charge in [0.25, 0.3) is 0 Å². The molecule has 3 nitrogen and oxygen atoms in total. The Morgan fingerprint density at radius 1 is 1.42 bits per heavy atom. The maximum absolute atomic E-state index is 10.7. The molecule has 0 saturated heterocycles. The Bertz CT molecular complexity index is 336. The predicted octanol–water partition coefficient (Wildman–Crippen LogP) is 1.77. The Labute approximate surface area is 70.0 Å². The van der Waals surface area contributed by atoms with Crippen LogP contribution in [0.4, 0.5) is 0 Å². The standard InChI is InChI=1S/C9H10O3/c1-5-6-3-2-4-7(6)8(12-5)9(10)11/h2-4H2,1H3,(H,10,11). The topological polar surface area (TPSA) is 50.4 Å². The second-order valence-corrected chi connectivity index (χ2v) is 3.10. The van der Waals surface area contributed by atoms with E-state index in [1.54, 1.807) is 0 Å². The summed E-state index contributed by atoms with van der Waals surface area (Å²) >= 11 is 0. The van der Waals surface area contributed by atoms with Crippen LogP contribution in [0.3, 0.4) is 0 Å². The van der Waals surface area contributed by atoms with Crippen molar-refractivity contribution < 1.29 is 14.3 Å². The zero-order chi connectivity index (χ0) is 8.72. The van der Waals surface area contributed by atoms with Crippen molar-refractivity contribution in [3.05, 3.63) is 22.6 Å². The summed E-state index contributed by atoms with van der Waals surface area (Å²) in [5, 5.41) is 8.77. The average Bonchev–Trinajstić information content (AvgIpc) is 2.53. The summed E-state index contributed by atoms with van der Waals surface area (Å²) in [5.74, 6) is -0.0128. The molecule has 1 aliphatic rings. The van der Waals surface area contributed by atoms with E-state index in [0.29, 0.717) is 0 Å². The van der Waals surface area contributed by atoms with E-state index in [1.807, 2.05) is 6.92 Å². The molecule has 1 N–H and O–H groups in total. The summed E-state index contributed by atoms with van der Waals surface area (Å²) in [6.07, 6.45) is 2.88. The third kappa shape index (κ3) is 0.858. The molecule has 64 valence electrons. The third-order valence-corrected chi connectivity index (χ3v) is 2.37. The van der Waals surface area contributed by atoms with E-state index in [4.69, 9.17) is 9.52 Å². The van der Waals surface area contributed by atoms with Gasteiger partial charge < -0.3 is 9.52 Å². The lowest BCUT2D eigenvalue weighted by atomic mass is 10.1. The zero-order valence-corrected chi connectivity index (χ0v) is 6.89. The van der Waals surface area contributed by atoms with Crippen molar-refractivity contribution in [1.82, 2.24) is 0 Å². The van der Waals surface area contributed by atoms with Gasteiger partial charge in [-0.3, -0.25) is 0 Å². The highest BCUT2D eigenvalue weighted by Crippen LogP contribution is 2.30. The summed E-state index contributed by atoms with van der Waals surface area (Å²) in [5.41, 5.74) is 2.03. The summed E-state index contributed by atoms with van der Waals surface area (Å²) in [4.78, 5) is 10.7. The molecule has 0 atom stereocenters. The summed E-state index contributed by atoms with van der Waals surface area (Å²) in [7, 11) is 0. The number of rotatable bonds is 1. The maximum Gasteiger partial charge on any atom is 0.372 e. The Balaban J connectivity index is 2.58. The SMILES string of the molecule is Cc1oc(C(=O)O)c2c1CCC2. The zero-order valence-electron chi connectivity index (χ0n) is 6.89. The first-order chi connectivity index (χ1) is 5.70. The molecule has 1 aliphatic carbocycles. The maximum atomic E-state index is 10.7. The van der Waals surface area contributed by atoms with Crippen LogP contribution in [0.25, 0.3) is 0 Å². The minimum atomic E-state index is -0.943. The Hall–Kier alpha value is -1.25. The summed E-state index contributed by atoms with van der Waals surface area (Å²) < 4.78 is 5.15. The van der Waals surface area contributed by atoms with Crippen molar-refractivity contribution in [1.29, 1.82) is 0 Å². The first kappa shape index (κ1) is 7.40. The van der Waals surface area contributed by atoms with Gasteiger partial charge in [-0.25, -0.2) is 4.79 Å². The summed E-state index contributed by atoms with van der Waals surface area (Å²) in [6, 6.07) is 0. The van der Waals surface area contributed by atoms with Crippen molar-refractivity contribution in [2.45, 2.75) is 26.2 Å². The molecular weight excluding hydrogens is 156 g/mol. The molecule has 0 fully saturated rings. The number of aromatic carboxylic acids is 1. The number of aryl methyl sites for hydroxylation is 1. The van der Waals surface area contributed by atoms with Gasteiger partial charge in [0.15, 0.2) is 0 Å². The highest BCUT2D eigenvalue weighted by Gasteiger charge is 2.25. The molecule has 0 aromatic carbocycles. The average molecular weight is 166 g/mol. The van der Waals surface area contributed by atoms with E-state index in [0.717, 1.165) is 36.1 Å².